The number of nitrogens with zero attached hydrogens (tertiary/aromatic N) is 2. The lowest BCUT2D eigenvalue weighted by Gasteiger charge is -2.38. The summed E-state index contributed by atoms with van der Waals surface area (Å²) in [6.45, 7) is 2.44. The first-order chi connectivity index (χ1) is 17.0. The zero-order valence-electron chi connectivity index (χ0n) is 20.0. The number of ether oxygens (including phenoxy) is 1. The summed E-state index contributed by atoms with van der Waals surface area (Å²) in [6, 6.07) is 13.4. The molecule has 2 fully saturated rings. The van der Waals surface area contributed by atoms with E-state index in [1.54, 1.807) is 48.4 Å². The lowest BCUT2D eigenvalue weighted by atomic mass is 9.87. The number of carbonyl (C=O) groups is 3. The van der Waals surface area contributed by atoms with Gasteiger partial charge in [0, 0.05) is 26.2 Å². The van der Waals surface area contributed by atoms with Crippen molar-refractivity contribution < 1.29 is 19.1 Å². The zero-order valence-corrected chi connectivity index (χ0v) is 20.8. The Bertz CT molecular complexity index is 1060. The Morgan fingerprint density at radius 1 is 0.886 bits per heavy atom. The fourth-order valence-electron chi connectivity index (χ4n) is 4.98. The number of carbonyl (C=O) groups excluding carboxylic acids is 3. The fourth-order valence-corrected chi connectivity index (χ4v) is 5.21. The van der Waals surface area contributed by atoms with Gasteiger partial charge < -0.3 is 19.9 Å². The normalized spacial score (nSPS) is 17.5. The highest BCUT2D eigenvalue weighted by Gasteiger charge is 2.37. The van der Waals surface area contributed by atoms with Gasteiger partial charge in [0.1, 0.15) is 11.8 Å². The Balaban J connectivity index is 1.48. The predicted molar refractivity (Wildman–Crippen MR) is 135 cm³/mol. The molecule has 0 unspecified atom stereocenters. The lowest BCUT2D eigenvalue weighted by Crippen LogP contribution is -2.55. The third kappa shape index (κ3) is 5.78. The summed E-state index contributed by atoms with van der Waals surface area (Å²) in [4.78, 5) is 43.4. The molecule has 0 radical (unpaired) electrons. The summed E-state index contributed by atoms with van der Waals surface area (Å²) >= 11 is 6.24. The van der Waals surface area contributed by atoms with E-state index in [4.69, 9.17) is 16.3 Å². The second-order valence-corrected chi connectivity index (χ2v) is 9.55. The maximum atomic E-state index is 13.6. The number of rotatable bonds is 6. The number of nitrogens with one attached hydrogen (secondary N) is 1. The van der Waals surface area contributed by atoms with Gasteiger partial charge in [0.05, 0.1) is 23.3 Å². The van der Waals surface area contributed by atoms with Crippen molar-refractivity contribution >= 4 is 29.3 Å². The molecule has 0 aromatic heterocycles. The Morgan fingerprint density at radius 2 is 1.51 bits per heavy atom. The van der Waals surface area contributed by atoms with E-state index in [-0.39, 0.29) is 23.6 Å². The van der Waals surface area contributed by atoms with E-state index in [2.05, 4.69) is 5.32 Å². The Labute approximate surface area is 211 Å². The number of piperidine rings is 2. The van der Waals surface area contributed by atoms with Gasteiger partial charge >= 0.3 is 0 Å². The molecule has 1 atom stereocenters. The van der Waals surface area contributed by atoms with Gasteiger partial charge in [0.15, 0.2) is 0 Å². The number of benzene rings is 2. The van der Waals surface area contributed by atoms with Crippen molar-refractivity contribution in [2.45, 2.75) is 38.1 Å². The molecule has 0 aliphatic carbocycles. The van der Waals surface area contributed by atoms with E-state index in [0.29, 0.717) is 60.9 Å². The predicted octanol–water partition coefficient (Wildman–Crippen LogP) is 4.01. The van der Waals surface area contributed by atoms with Crippen LogP contribution in [0.3, 0.4) is 0 Å². The zero-order chi connectivity index (χ0) is 24.8. The van der Waals surface area contributed by atoms with Crippen molar-refractivity contribution in [2.24, 2.45) is 5.92 Å². The van der Waals surface area contributed by atoms with Crippen molar-refractivity contribution in [3.63, 3.8) is 0 Å². The third-order valence-corrected chi connectivity index (χ3v) is 7.30. The highest BCUT2D eigenvalue weighted by molar-refractivity contribution is 6.33. The minimum atomic E-state index is -0.652. The van der Waals surface area contributed by atoms with Crippen LogP contribution in [-0.4, -0.2) is 66.9 Å². The van der Waals surface area contributed by atoms with Gasteiger partial charge in [0.25, 0.3) is 11.8 Å². The molecule has 186 valence electrons. The standard InChI is InChI=1S/C27H32ClN3O4/c1-35-23-12-6-4-10-21(23)26(33)31-17-13-19(14-18-31)24(27(34)30-15-7-2-8-16-30)29-25(32)20-9-3-5-11-22(20)28/h3-6,9-12,19,24H,2,7-8,13-18H2,1H3,(H,29,32)/t24-/m0/s1. The molecular weight excluding hydrogens is 466 g/mol. The van der Waals surface area contributed by atoms with Gasteiger partial charge in [0.2, 0.25) is 5.91 Å². The van der Waals surface area contributed by atoms with Gasteiger partial charge in [-0.15, -0.1) is 0 Å². The maximum absolute atomic E-state index is 13.6. The van der Waals surface area contributed by atoms with Crippen LogP contribution in [-0.2, 0) is 4.79 Å². The number of methoxy groups -OCH3 is 1. The molecule has 7 nitrogen and oxygen atoms in total. The van der Waals surface area contributed by atoms with E-state index >= 15 is 0 Å². The summed E-state index contributed by atoms with van der Waals surface area (Å²) in [5.41, 5.74) is 0.885. The molecule has 0 saturated carbocycles. The number of halogens is 1. The smallest absolute Gasteiger partial charge is 0.257 e. The first-order valence-corrected chi connectivity index (χ1v) is 12.6. The van der Waals surface area contributed by atoms with E-state index in [1.165, 1.54) is 0 Å². The number of hydrogen-bond acceptors (Lipinski definition) is 4. The summed E-state index contributed by atoms with van der Waals surface area (Å²) in [5.74, 6) is 0.000341. The van der Waals surface area contributed by atoms with Crippen LogP contribution < -0.4 is 10.1 Å². The minimum absolute atomic E-state index is 0.0420. The highest BCUT2D eigenvalue weighted by atomic mass is 35.5. The molecule has 35 heavy (non-hydrogen) atoms. The van der Waals surface area contributed by atoms with E-state index in [0.717, 1.165) is 19.3 Å². The van der Waals surface area contributed by atoms with Crippen molar-refractivity contribution in [2.75, 3.05) is 33.3 Å². The van der Waals surface area contributed by atoms with Crippen LogP contribution in [0.2, 0.25) is 5.02 Å². The van der Waals surface area contributed by atoms with Gasteiger partial charge in [-0.2, -0.15) is 0 Å². The van der Waals surface area contributed by atoms with Crippen LogP contribution in [0.1, 0.15) is 52.8 Å². The second kappa shape index (κ2) is 11.6. The molecule has 0 bridgehead atoms. The molecule has 2 saturated heterocycles. The SMILES string of the molecule is COc1ccccc1C(=O)N1CCC([C@H](NC(=O)c2ccccc2Cl)C(=O)N2CCCCC2)CC1. The number of hydrogen-bond donors (Lipinski definition) is 1. The summed E-state index contributed by atoms with van der Waals surface area (Å²) in [5, 5.41) is 3.35. The Kier molecular flexibility index (Phi) is 8.29. The van der Waals surface area contributed by atoms with Crippen LogP contribution in [0.15, 0.2) is 48.5 Å². The minimum Gasteiger partial charge on any atom is -0.496 e. The monoisotopic (exact) mass is 497 g/mol. The fraction of sp³-hybridized carbons (Fsp3) is 0.444. The van der Waals surface area contributed by atoms with E-state index in [9.17, 15) is 14.4 Å². The first kappa shape index (κ1) is 25.0. The molecule has 4 rings (SSSR count). The number of amides is 3. The average molecular weight is 498 g/mol. The summed E-state index contributed by atoms with van der Waals surface area (Å²) in [7, 11) is 1.55. The molecule has 8 heteroatoms. The topological polar surface area (TPSA) is 79.0 Å². The molecule has 2 aliphatic rings. The lowest BCUT2D eigenvalue weighted by molar-refractivity contribution is -0.136. The Hall–Kier alpha value is -3.06. The van der Waals surface area contributed by atoms with Crippen molar-refractivity contribution in [3.8, 4) is 5.75 Å². The Morgan fingerprint density at radius 3 is 2.17 bits per heavy atom. The third-order valence-electron chi connectivity index (χ3n) is 6.97. The molecule has 2 heterocycles. The van der Waals surface area contributed by atoms with Gasteiger partial charge in [-0.25, -0.2) is 0 Å². The highest BCUT2D eigenvalue weighted by Crippen LogP contribution is 2.27. The van der Waals surface area contributed by atoms with Gasteiger partial charge in [-0.3, -0.25) is 14.4 Å². The first-order valence-electron chi connectivity index (χ1n) is 12.3. The van der Waals surface area contributed by atoms with E-state index in [1.807, 2.05) is 17.0 Å². The van der Waals surface area contributed by atoms with Crippen molar-refractivity contribution in [1.82, 2.24) is 15.1 Å². The van der Waals surface area contributed by atoms with E-state index < -0.39 is 6.04 Å². The van der Waals surface area contributed by atoms with Crippen molar-refractivity contribution in [3.05, 3.63) is 64.7 Å². The number of para-hydroxylation sites is 1. The molecule has 2 aliphatic heterocycles. The van der Waals surface area contributed by atoms with Crippen molar-refractivity contribution in [1.29, 1.82) is 0 Å². The van der Waals surface area contributed by atoms with Crippen LogP contribution >= 0.6 is 11.6 Å². The average Bonchev–Trinajstić information content (AvgIpc) is 2.91. The molecule has 2 aromatic rings. The van der Waals surface area contributed by atoms with Crippen LogP contribution in [0.4, 0.5) is 0 Å². The molecule has 2 aromatic carbocycles. The van der Waals surface area contributed by atoms with Crippen LogP contribution in [0.25, 0.3) is 0 Å². The molecular formula is C27H32ClN3O4. The van der Waals surface area contributed by atoms with Gasteiger partial charge in [-0.1, -0.05) is 35.9 Å². The van der Waals surface area contributed by atoms with Gasteiger partial charge in [-0.05, 0) is 62.3 Å². The number of likely N-dealkylation sites (tertiary alicyclic amines) is 2. The summed E-state index contributed by atoms with van der Waals surface area (Å²) in [6.07, 6.45) is 4.30. The maximum Gasteiger partial charge on any atom is 0.257 e. The molecule has 1 N–H and O–H groups in total. The largest absolute Gasteiger partial charge is 0.496 e. The molecule has 3 amide bonds. The summed E-state index contributed by atoms with van der Waals surface area (Å²) < 4.78 is 5.35. The second-order valence-electron chi connectivity index (χ2n) is 9.15. The van der Waals surface area contributed by atoms with Crippen LogP contribution in [0.5, 0.6) is 5.75 Å². The quantitative estimate of drug-likeness (QED) is 0.654. The molecule has 0 spiro atoms. The van der Waals surface area contributed by atoms with Crippen LogP contribution in [0, 0.1) is 5.92 Å².